The van der Waals surface area contributed by atoms with Crippen LogP contribution >= 0.6 is 0 Å². The molecule has 3 aromatic rings. The Hall–Kier alpha value is -4.99. The summed E-state index contributed by atoms with van der Waals surface area (Å²) in [6.07, 6.45) is 2.63. The maximum atomic E-state index is 12.3. The minimum absolute atomic E-state index is 0.0389. The number of Topliss-reactive ketones (excluding diaryl/α,β-unsaturated/α-hetero) is 3. The molecule has 0 saturated carbocycles. The fourth-order valence-corrected chi connectivity index (χ4v) is 4.96. The van der Waals surface area contributed by atoms with Crippen LogP contribution < -0.4 is 14.8 Å². The fraction of sp³-hybridized carbons (Fsp3) is 0.389. The molecule has 0 spiro atoms. The van der Waals surface area contributed by atoms with Crippen LogP contribution in [-0.2, 0) is 45.1 Å². The van der Waals surface area contributed by atoms with E-state index in [0.29, 0.717) is 25.2 Å². The Labute approximate surface area is 299 Å². The number of hydrogen-bond donors (Lipinski definition) is 3. The van der Waals surface area contributed by atoms with E-state index < -0.39 is 21.9 Å². The molecular weight excluding hydrogens is 682 g/mol. The normalized spacial score (nSPS) is 10.4. The van der Waals surface area contributed by atoms with E-state index in [4.69, 9.17) is 19.3 Å². The SMILES string of the molecule is CC.CC(=O)COCCCC(=O)COCCCC(=O)CNC(=O)c1ccc(NS(=O)(=O)c2ccccc2)nc1.COc1cccc(CC(=O)O)c1. The third-order valence-corrected chi connectivity index (χ3v) is 7.68. The number of carbonyl (C=O) groups is 5. The lowest BCUT2D eigenvalue weighted by Gasteiger charge is -2.08. The maximum absolute atomic E-state index is 12.3. The Morgan fingerprint density at radius 3 is 2.06 bits per heavy atom. The summed E-state index contributed by atoms with van der Waals surface area (Å²) in [6, 6.07) is 17.6. The molecule has 278 valence electrons. The number of pyridine rings is 1. The third-order valence-electron chi connectivity index (χ3n) is 6.31. The van der Waals surface area contributed by atoms with E-state index in [1.807, 2.05) is 13.8 Å². The molecule has 0 aliphatic rings. The summed E-state index contributed by atoms with van der Waals surface area (Å²) < 4.78 is 42.3. The van der Waals surface area contributed by atoms with Gasteiger partial charge in [0.25, 0.3) is 15.9 Å². The highest BCUT2D eigenvalue weighted by Gasteiger charge is 2.15. The molecule has 0 bridgehead atoms. The van der Waals surface area contributed by atoms with Gasteiger partial charge in [-0.3, -0.25) is 28.7 Å². The van der Waals surface area contributed by atoms with Gasteiger partial charge in [-0.2, -0.15) is 0 Å². The van der Waals surface area contributed by atoms with Gasteiger partial charge in [-0.25, -0.2) is 13.4 Å². The summed E-state index contributed by atoms with van der Waals surface area (Å²) in [5.74, 6) is -0.967. The van der Waals surface area contributed by atoms with Crippen LogP contribution in [0.3, 0.4) is 0 Å². The number of nitrogens with zero attached hydrogens (tertiary/aromatic N) is 1. The molecule has 0 radical (unpaired) electrons. The first kappa shape index (κ1) is 44.0. The van der Waals surface area contributed by atoms with Gasteiger partial charge >= 0.3 is 5.97 Å². The van der Waals surface area contributed by atoms with Gasteiger partial charge in [0.2, 0.25) is 0 Å². The van der Waals surface area contributed by atoms with Gasteiger partial charge in [0.15, 0.2) is 17.3 Å². The van der Waals surface area contributed by atoms with E-state index in [1.54, 1.807) is 49.6 Å². The molecule has 0 fully saturated rings. The molecule has 14 nitrogen and oxygen atoms in total. The van der Waals surface area contributed by atoms with Gasteiger partial charge in [-0.05, 0) is 61.7 Å². The van der Waals surface area contributed by atoms with Crippen molar-refractivity contribution < 1.29 is 51.7 Å². The highest BCUT2D eigenvalue weighted by molar-refractivity contribution is 7.92. The minimum atomic E-state index is -3.80. The molecular formula is C36H47N3O11S. The van der Waals surface area contributed by atoms with E-state index in [-0.39, 0.29) is 79.3 Å². The zero-order valence-corrected chi connectivity index (χ0v) is 30.2. The van der Waals surface area contributed by atoms with Crippen molar-refractivity contribution in [2.24, 2.45) is 0 Å². The Balaban J connectivity index is 0.000000776. The molecule has 0 saturated heterocycles. The van der Waals surface area contributed by atoms with Gasteiger partial charge < -0.3 is 24.6 Å². The first-order valence-electron chi connectivity index (χ1n) is 16.2. The average Bonchev–Trinajstić information content (AvgIpc) is 3.11. The van der Waals surface area contributed by atoms with Crippen LogP contribution in [0.5, 0.6) is 5.75 Å². The number of ketones is 3. The van der Waals surface area contributed by atoms with Gasteiger partial charge in [-0.15, -0.1) is 0 Å². The number of carboxylic acid groups (broad SMARTS) is 1. The predicted octanol–water partition coefficient (Wildman–Crippen LogP) is 4.28. The molecule has 2 aromatic carbocycles. The molecule has 1 amide bonds. The van der Waals surface area contributed by atoms with Crippen LogP contribution in [0, 0.1) is 0 Å². The number of amides is 1. The number of carbonyl (C=O) groups excluding carboxylic acids is 4. The molecule has 0 unspecified atom stereocenters. The number of aliphatic carboxylic acids is 1. The fourth-order valence-electron chi connectivity index (χ4n) is 3.93. The molecule has 51 heavy (non-hydrogen) atoms. The van der Waals surface area contributed by atoms with Gasteiger partial charge in [0.05, 0.1) is 30.5 Å². The van der Waals surface area contributed by atoms with Crippen molar-refractivity contribution in [3.8, 4) is 5.75 Å². The summed E-state index contributed by atoms with van der Waals surface area (Å²) in [5, 5.41) is 11.0. The number of carboxylic acids is 1. The van der Waals surface area contributed by atoms with Crippen molar-refractivity contribution in [2.75, 3.05) is 44.8 Å². The zero-order chi connectivity index (χ0) is 38.1. The van der Waals surface area contributed by atoms with Crippen molar-refractivity contribution in [3.05, 3.63) is 84.1 Å². The van der Waals surface area contributed by atoms with E-state index in [2.05, 4.69) is 15.0 Å². The first-order valence-corrected chi connectivity index (χ1v) is 17.7. The molecule has 0 aliphatic carbocycles. The van der Waals surface area contributed by atoms with Gasteiger partial charge in [0.1, 0.15) is 24.8 Å². The van der Waals surface area contributed by atoms with Crippen LogP contribution in [0.15, 0.2) is 77.8 Å². The Bertz CT molecular complexity index is 1630. The van der Waals surface area contributed by atoms with E-state index in [0.717, 1.165) is 5.56 Å². The summed E-state index contributed by atoms with van der Waals surface area (Å²) in [6.45, 7) is 5.80. The van der Waals surface area contributed by atoms with Gasteiger partial charge in [-0.1, -0.05) is 44.2 Å². The maximum Gasteiger partial charge on any atom is 0.307 e. The summed E-state index contributed by atoms with van der Waals surface area (Å²) in [5.41, 5.74) is 0.922. The number of aromatic nitrogens is 1. The molecule has 0 aliphatic heterocycles. The predicted molar refractivity (Wildman–Crippen MR) is 190 cm³/mol. The van der Waals surface area contributed by atoms with Crippen LogP contribution in [0.4, 0.5) is 5.82 Å². The topological polar surface area (TPSA) is 204 Å². The molecule has 1 heterocycles. The van der Waals surface area contributed by atoms with Crippen molar-refractivity contribution in [3.63, 3.8) is 0 Å². The number of ether oxygens (including phenoxy) is 3. The molecule has 1 aromatic heterocycles. The van der Waals surface area contributed by atoms with Crippen LogP contribution in [0.1, 0.15) is 62.4 Å². The second-order valence-electron chi connectivity index (χ2n) is 10.5. The van der Waals surface area contributed by atoms with Crippen molar-refractivity contribution in [1.82, 2.24) is 10.3 Å². The standard InChI is InChI=1S/C25H31N3O8S.C9H10O3.C2H6/c1-19(29)17-35-13-6-8-22(31)18-36-14-5-7-21(30)16-27-25(32)20-11-12-24(26-15-20)28-37(33,34)23-9-3-2-4-10-23;1-12-8-4-2-3-7(5-8)6-9(10)11;1-2/h2-4,9-12,15H,5-8,13-14,16-18H2,1H3,(H,26,28)(H,27,32);2-5H,6H2,1H3,(H,10,11);1-2H3. The average molecular weight is 730 g/mol. The lowest BCUT2D eigenvalue weighted by Crippen LogP contribution is -2.29. The van der Waals surface area contributed by atoms with E-state index in [9.17, 15) is 32.4 Å². The quantitative estimate of drug-likeness (QED) is 0.132. The molecule has 0 atom stereocenters. The van der Waals surface area contributed by atoms with Crippen molar-refractivity contribution >= 4 is 45.1 Å². The number of hydrogen-bond acceptors (Lipinski definition) is 11. The number of rotatable bonds is 21. The molecule has 3 rings (SSSR count). The third kappa shape index (κ3) is 19.7. The number of sulfonamides is 1. The van der Waals surface area contributed by atoms with Gasteiger partial charge in [0, 0.05) is 32.3 Å². The minimum Gasteiger partial charge on any atom is -0.497 e. The first-order chi connectivity index (χ1) is 24.4. The lowest BCUT2D eigenvalue weighted by atomic mass is 10.1. The van der Waals surface area contributed by atoms with Crippen LogP contribution in [-0.4, -0.2) is 87.8 Å². The highest BCUT2D eigenvalue weighted by Crippen LogP contribution is 2.14. The number of benzene rings is 2. The molecule has 15 heteroatoms. The second kappa shape index (κ2) is 25.0. The van der Waals surface area contributed by atoms with Crippen LogP contribution in [0.2, 0.25) is 0 Å². The van der Waals surface area contributed by atoms with Crippen molar-refractivity contribution in [2.45, 2.75) is 57.8 Å². The summed E-state index contributed by atoms with van der Waals surface area (Å²) >= 11 is 0. The Kier molecular flexibility index (Phi) is 21.6. The highest BCUT2D eigenvalue weighted by atomic mass is 32.2. The number of anilines is 1. The lowest BCUT2D eigenvalue weighted by molar-refractivity contribution is -0.136. The number of nitrogens with one attached hydrogen (secondary N) is 2. The second-order valence-corrected chi connectivity index (χ2v) is 12.2. The Morgan fingerprint density at radius 1 is 0.824 bits per heavy atom. The Morgan fingerprint density at radius 2 is 1.47 bits per heavy atom. The van der Waals surface area contributed by atoms with Crippen LogP contribution in [0.25, 0.3) is 0 Å². The largest absolute Gasteiger partial charge is 0.497 e. The van der Waals surface area contributed by atoms with E-state index in [1.165, 1.54) is 37.4 Å². The van der Waals surface area contributed by atoms with E-state index >= 15 is 0 Å². The summed E-state index contributed by atoms with van der Waals surface area (Å²) in [7, 11) is -2.24. The van der Waals surface area contributed by atoms with Crippen molar-refractivity contribution in [1.29, 1.82) is 0 Å². The molecule has 3 N–H and O–H groups in total. The zero-order valence-electron chi connectivity index (χ0n) is 29.4. The number of methoxy groups -OCH3 is 1. The smallest absolute Gasteiger partial charge is 0.307 e. The summed E-state index contributed by atoms with van der Waals surface area (Å²) in [4.78, 5) is 61.1. The monoisotopic (exact) mass is 729 g/mol.